The molecule has 0 bridgehead atoms. The number of methoxy groups -OCH3 is 1. The molecule has 0 radical (unpaired) electrons. The SMILES string of the molecule is COc1ccc(C)cc1-c1cc(CCl)no1. The Morgan fingerprint density at radius 2 is 2.19 bits per heavy atom. The summed E-state index contributed by atoms with van der Waals surface area (Å²) in [6.07, 6.45) is 0. The van der Waals surface area contributed by atoms with Gasteiger partial charge in [-0.05, 0) is 19.1 Å². The number of hydrogen-bond donors (Lipinski definition) is 0. The van der Waals surface area contributed by atoms with Gasteiger partial charge in [0.15, 0.2) is 5.76 Å². The number of halogens is 1. The predicted octanol–water partition coefficient (Wildman–Crippen LogP) is 3.40. The maximum absolute atomic E-state index is 5.68. The average Bonchev–Trinajstić information content (AvgIpc) is 2.77. The smallest absolute Gasteiger partial charge is 0.170 e. The Morgan fingerprint density at radius 3 is 2.81 bits per heavy atom. The summed E-state index contributed by atoms with van der Waals surface area (Å²) in [4.78, 5) is 0. The van der Waals surface area contributed by atoms with Crippen molar-refractivity contribution < 1.29 is 9.26 Å². The van der Waals surface area contributed by atoms with E-state index in [9.17, 15) is 0 Å². The quantitative estimate of drug-likeness (QED) is 0.768. The third-order valence-electron chi connectivity index (χ3n) is 2.32. The first-order valence-electron chi connectivity index (χ1n) is 4.91. The molecule has 0 saturated heterocycles. The first kappa shape index (κ1) is 11.0. The minimum absolute atomic E-state index is 0.345. The Balaban J connectivity index is 2.49. The third-order valence-corrected chi connectivity index (χ3v) is 2.59. The molecule has 1 heterocycles. The van der Waals surface area contributed by atoms with Crippen LogP contribution < -0.4 is 4.74 Å². The zero-order valence-electron chi connectivity index (χ0n) is 9.16. The van der Waals surface area contributed by atoms with Crippen LogP contribution in [0.2, 0.25) is 0 Å². The van der Waals surface area contributed by atoms with Gasteiger partial charge in [-0.25, -0.2) is 0 Å². The van der Waals surface area contributed by atoms with Crippen LogP contribution in [0.25, 0.3) is 11.3 Å². The molecule has 1 aromatic carbocycles. The minimum atomic E-state index is 0.345. The van der Waals surface area contributed by atoms with Gasteiger partial charge in [-0.1, -0.05) is 16.8 Å². The van der Waals surface area contributed by atoms with Crippen LogP contribution in [0.1, 0.15) is 11.3 Å². The van der Waals surface area contributed by atoms with Crippen molar-refractivity contribution in [2.75, 3.05) is 7.11 Å². The van der Waals surface area contributed by atoms with Crippen LogP contribution in [-0.2, 0) is 5.88 Å². The van der Waals surface area contributed by atoms with E-state index in [4.69, 9.17) is 20.9 Å². The second-order valence-electron chi connectivity index (χ2n) is 3.52. The van der Waals surface area contributed by atoms with Crippen molar-refractivity contribution in [1.29, 1.82) is 0 Å². The van der Waals surface area contributed by atoms with E-state index in [1.807, 2.05) is 31.2 Å². The van der Waals surface area contributed by atoms with Crippen LogP contribution in [0.5, 0.6) is 5.75 Å². The number of aryl methyl sites for hydroxylation is 1. The summed E-state index contributed by atoms with van der Waals surface area (Å²) in [6.45, 7) is 2.02. The first-order chi connectivity index (χ1) is 7.74. The van der Waals surface area contributed by atoms with Gasteiger partial charge in [0.05, 0.1) is 24.2 Å². The molecule has 0 N–H and O–H groups in total. The van der Waals surface area contributed by atoms with Gasteiger partial charge in [-0.3, -0.25) is 0 Å². The number of alkyl halides is 1. The minimum Gasteiger partial charge on any atom is -0.496 e. The normalized spacial score (nSPS) is 10.4. The molecule has 0 aliphatic rings. The summed E-state index contributed by atoms with van der Waals surface area (Å²) in [7, 11) is 1.63. The summed E-state index contributed by atoms with van der Waals surface area (Å²) in [6, 6.07) is 7.72. The molecule has 1 aromatic heterocycles. The summed E-state index contributed by atoms with van der Waals surface area (Å²) in [5.41, 5.74) is 2.76. The van der Waals surface area contributed by atoms with Gasteiger partial charge >= 0.3 is 0 Å². The number of ether oxygens (including phenoxy) is 1. The first-order valence-corrected chi connectivity index (χ1v) is 5.44. The van der Waals surface area contributed by atoms with Gasteiger partial charge in [0.25, 0.3) is 0 Å². The van der Waals surface area contributed by atoms with Crippen molar-refractivity contribution in [3.63, 3.8) is 0 Å². The van der Waals surface area contributed by atoms with Gasteiger partial charge in [0.1, 0.15) is 5.75 Å². The van der Waals surface area contributed by atoms with Gasteiger partial charge in [-0.15, -0.1) is 11.6 Å². The Hall–Kier alpha value is -1.48. The van der Waals surface area contributed by atoms with E-state index in [0.29, 0.717) is 11.6 Å². The van der Waals surface area contributed by atoms with Crippen molar-refractivity contribution in [2.24, 2.45) is 0 Å². The Kier molecular flexibility index (Phi) is 3.15. The molecule has 2 rings (SSSR count). The van der Waals surface area contributed by atoms with E-state index in [2.05, 4.69) is 5.16 Å². The van der Waals surface area contributed by atoms with Gasteiger partial charge in [0.2, 0.25) is 0 Å². The van der Waals surface area contributed by atoms with Crippen LogP contribution in [-0.4, -0.2) is 12.3 Å². The second kappa shape index (κ2) is 4.58. The van der Waals surface area contributed by atoms with Crippen molar-refractivity contribution >= 4 is 11.6 Å². The molecule has 0 fully saturated rings. The van der Waals surface area contributed by atoms with Crippen LogP contribution in [0.4, 0.5) is 0 Å². The number of nitrogens with zero attached hydrogens (tertiary/aromatic N) is 1. The Morgan fingerprint density at radius 1 is 1.38 bits per heavy atom. The van der Waals surface area contributed by atoms with Crippen LogP contribution >= 0.6 is 11.6 Å². The highest BCUT2D eigenvalue weighted by atomic mass is 35.5. The molecular formula is C12H12ClNO2. The van der Waals surface area contributed by atoms with Crippen LogP contribution in [0, 0.1) is 6.92 Å². The second-order valence-corrected chi connectivity index (χ2v) is 3.79. The molecule has 0 aliphatic heterocycles. The molecule has 3 nitrogen and oxygen atoms in total. The predicted molar refractivity (Wildman–Crippen MR) is 62.8 cm³/mol. The fourth-order valence-electron chi connectivity index (χ4n) is 1.52. The molecule has 0 unspecified atom stereocenters. The van der Waals surface area contributed by atoms with Gasteiger partial charge in [0, 0.05) is 6.07 Å². The summed E-state index contributed by atoms with van der Waals surface area (Å²) >= 11 is 5.68. The summed E-state index contributed by atoms with van der Waals surface area (Å²) in [5, 5.41) is 3.85. The molecule has 16 heavy (non-hydrogen) atoms. The highest BCUT2D eigenvalue weighted by molar-refractivity contribution is 6.16. The molecule has 0 amide bonds. The zero-order valence-corrected chi connectivity index (χ0v) is 9.91. The number of aromatic nitrogens is 1. The molecule has 84 valence electrons. The topological polar surface area (TPSA) is 35.3 Å². The molecule has 0 spiro atoms. The lowest BCUT2D eigenvalue weighted by atomic mass is 10.1. The van der Waals surface area contributed by atoms with E-state index in [0.717, 1.165) is 22.6 Å². The van der Waals surface area contributed by atoms with Crippen LogP contribution in [0.15, 0.2) is 28.8 Å². The molecular weight excluding hydrogens is 226 g/mol. The molecule has 0 atom stereocenters. The molecule has 2 aromatic rings. The zero-order chi connectivity index (χ0) is 11.5. The summed E-state index contributed by atoms with van der Waals surface area (Å²) < 4.78 is 10.5. The van der Waals surface area contributed by atoms with Crippen molar-refractivity contribution in [3.05, 3.63) is 35.5 Å². The number of benzene rings is 1. The molecule has 0 aliphatic carbocycles. The van der Waals surface area contributed by atoms with E-state index in [1.165, 1.54) is 0 Å². The van der Waals surface area contributed by atoms with Gasteiger partial charge in [-0.2, -0.15) is 0 Å². The number of rotatable bonds is 3. The third kappa shape index (κ3) is 2.04. The van der Waals surface area contributed by atoms with Crippen LogP contribution in [0.3, 0.4) is 0 Å². The highest BCUT2D eigenvalue weighted by Gasteiger charge is 2.11. The monoisotopic (exact) mass is 237 g/mol. The lowest BCUT2D eigenvalue weighted by molar-refractivity contribution is 0.404. The van der Waals surface area contributed by atoms with E-state index in [-0.39, 0.29) is 0 Å². The van der Waals surface area contributed by atoms with Crippen molar-refractivity contribution in [2.45, 2.75) is 12.8 Å². The molecule has 0 saturated carbocycles. The fraction of sp³-hybridized carbons (Fsp3) is 0.250. The summed E-state index contributed by atoms with van der Waals surface area (Å²) in [5.74, 6) is 1.79. The molecule has 4 heteroatoms. The van der Waals surface area contributed by atoms with E-state index in [1.54, 1.807) is 7.11 Å². The Labute approximate surface area is 99.0 Å². The standard InChI is InChI=1S/C12H12ClNO2/c1-8-3-4-11(15-2)10(5-8)12-6-9(7-13)14-16-12/h3-6H,7H2,1-2H3. The van der Waals surface area contributed by atoms with Crippen molar-refractivity contribution in [1.82, 2.24) is 5.16 Å². The lowest BCUT2D eigenvalue weighted by Gasteiger charge is -2.05. The van der Waals surface area contributed by atoms with E-state index < -0.39 is 0 Å². The number of hydrogen-bond acceptors (Lipinski definition) is 3. The largest absolute Gasteiger partial charge is 0.496 e. The van der Waals surface area contributed by atoms with Crippen molar-refractivity contribution in [3.8, 4) is 17.1 Å². The van der Waals surface area contributed by atoms with E-state index >= 15 is 0 Å². The van der Waals surface area contributed by atoms with Gasteiger partial charge < -0.3 is 9.26 Å². The maximum Gasteiger partial charge on any atom is 0.170 e. The fourth-order valence-corrected chi connectivity index (χ4v) is 1.64. The maximum atomic E-state index is 5.68. The Bertz CT molecular complexity index is 494. The lowest BCUT2D eigenvalue weighted by Crippen LogP contribution is -1.87. The average molecular weight is 238 g/mol. The highest BCUT2D eigenvalue weighted by Crippen LogP contribution is 2.31.